The van der Waals surface area contributed by atoms with Crippen molar-refractivity contribution in [2.75, 3.05) is 20.1 Å². The van der Waals surface area contributed by atoms with Gasteiger partial charge in [0.2, 0.25) is 0 Å². The summed E-state index contributed by atoms with van der Waals surface area (Å²) in [7, 11) is 1.81. The number of hydrogen-bond donors (Lipinski definition) is 2. The number of urea groups is 1. The summed E-state index contributed by atoms with van der Waals surface area (Å²) >= 11 is 0. The van der Waals surface area contributed by atoms with Gasteiger partial charge in [-0.25, -0.2) is 4.79 Å². The van der Waals surface area contributed by atoms with Crippen LogP contribution in [0.1, 0.15) is 39.0 Å². The molecule has 1 aliphatic rings. The quantitative estimate of drug-likeness (QED) is 0.684. The first kappa shape index (κ1) is 14.8. The summed E-state index contributed by atoms with van der Waals surface area (Å²) in [5.41, 5.74) is 0. The van der Waals surface area contributed by atoms with Gasteiger partial charge in [-0.1, -0.05) is 13.3 Å². The third kappa shape index (κ3) is 4.94. The van der Waals surface area contributed by atoms with E-state index in [9.17, 15) is 9.59 Å². The molecule has 2 amide bonds. The van der Waals surface area contributed by atoms with Crippen molar-refractivity contribution in [1.29, 1.82) is 0 Å². The van der Waals surface area contributed by atoms with Crippen molar-refractivity contribution in [2.45, 2.75) is 39.0 Å². The second kappa shape index (κ2) is 7.24. The number of rotatable bonds is 7. The minimum Gasteiger partial charge on any atom is -0.481 e. The normalized spacial score (nSPS) is 16.8. The molecule has 18 heavy (non-hydrogen) atoms. The van der Waals surface area contributed by atoms with Crippen LogP contribution in [0.15, 0.2) is 0 Å². The number of carboxylic acid groups (broad SMARTS) is 1. The van der Waals surface area contributed by atoms with E-state index in [1.165, 1.54) is 19.3 Å². The second-order valence-electron chi connectivity index (χ2n) is 5.29. The number of carbonyl (C=O) groups is 2. The zero-order chi connectivity index (χ0) is 13.5. The number of amides is 2. The Labute approximate surface area is 109 Å². The smallest absolute Gasteiger partial charge is 0.317 e. The maximum atomic E-state index is 11.7. The van der Waals surface area contributed by atoms with E-state index in [1.807, 2.05) is 7.05 Å². The summed E-state index contributed by atoms with van der Waals surface area (Å²) in [6.45, 7) is 3.07. The summed E-state index contributed by atoms with van der Waals surface area (Å²) in [6.07, 6.45) is 5.05. The van der Waals surface area contributed by atoms with Crippen LogP contribution in [0.2, 0.25) is 0 Å². The van der Waals surface area contributed by atoms with E-state index < -0.39 is 5.97 Å². The molecule has 0 aliphatic heterocycles. The zero-order valence-corrected chi connectivity index (χ0v) is 11.3. The molecule has 1 atom stereocenters. The molecule has 0 aromatic rings. The predicted molar refractivity (Wildman–Crippen MR) is 69.4 cm³/mol. The Morgan fingerprint density at radius 1 is 1.44 bits per heavy atom. The maximum absolute atomic E-state index is 11.7. The number of carbonyl (C=O) groups excluding carboxylic acids is 1. The molecular formula is C13H24N2O3. The molecule has 5 heteroatoms. The Kier molecular flexibility index (Phi) is 5.95. The lowest BCUT2D eigenvalue weighted by Gasteiger charge is -2.30. The third-order valence-corrected chi connectivity index (χ3v) is 3.62. The third-order valence-electron chi connectivity index (χ3n) is 3.62. The Bertz CT molecular complexity index is 290. The molecule has 1 rings (SSSR count). The highest BCUT2D eigenvalue weighted by Gasteiger charge is 2.21. The zero-order valence-electron chi connectivity index (χ0n) is 11.3. The van der Waals surface area contributed by atoms with Crippen LogP contribution in [0.25, 0.3) is 0 Å². The Morgan fingerprint density at radius 3 is 2.61 bits per heavy atom. The first-order valence-electron chi connectivity index (χ1n) is 6.72. The van der Waals surface area contributed by atoms with Crippen LogP contribution in [-0.2, 0) is 4.79 Å². The number of nitrogens with one attached hydrogen (secondary N) is 1. The molecule has 0 radical (unpaired) electrons. The monoisotopic (exact) mass is 256 g/mol. The molecule has 1 fully saturated rings. The van der Waals surface area contributed by atoms with Crippen LogP contribution in [0.5, 0.6) is 0 Å². The highest BCUT2D eigenvalue weighted by molar-refractivity contribution is 5.73. The lowest BCUT2D eigenvalue weighted by Crippen LogP contribution is -2.41. The van der Waals surface area contributed by atoms with Gasteiger partial charge in [-0.3, -0.25) is 4.79 Å². The fraction of sp³-hybridized carbons (Fsp3) is 0.846. The van der Waals surface area contributed by atoms with Gasteiger partial charge < -0.3 is 15.3 Å². The Morgan fingerprint density at radius 2 is 2.11 bits per heavy atom. The van der Waals surface area contributed by atoms with E-state index in [0.717, 1.165) is 6.54 Å². The molecule has 0 aromatic heterocycles. The fourth-order valence-corrected chi connectivity index (χ4v) is 2.01. The summed E-state index contributed by atoms with van der Waals surface area (Å²) in [4.78, 5) is 24.0. The molecular weight excluding hydrogens is 232 g/mol. The van der Waals surface area contributed by atoms with Gasteiger partial charge in [0.25, 0.3) is 0 Å². The topological polar surface area (TPSA) is 69.6 Å². The van der Waals surface area contributed by atoms with Gasteiger partial charge in [0.15, 0.2) is 0 Å². The number of aliphatic carboxylic acids is 1. The summed E-state index contributed by atoms with van der Waals surface area (Å²) in [6, 6.07) is -0.0510. The Hall–Kier alpha value is -1.26. The largest absolute Gasteiger partial charge is 0.481 e. The minimum atomic E-state index is -0.775. The molecule has 5 nitrogen and oxygen atoms in total. The van der Waals surface area contributed by atoms with Crippen molar-refractivity contribution in [3.05, 3.63) is 0 Å². The molecule has 2 N–H and O–H groups in total. The molecule has 0 bridgehead atoms. The number of hydrogen-bond acceptors (Lipinski definition) is 2. The van der Waals surface area contributed by atoms with E-state index >= 15 is 0 Å². The van der Waals surface area contributed by atoms with Crippen molar-refractivity contribution < 1.29 is 14.7 Å². The van der Waals surface area contributed by atoms with Crippen LogP contribution < -0.4 is 5.32 Å². The van der Waals surface area contributed by atoms with Gasteiger partial charge in [-0.15, -0.1) is 0 Å². The highest BCUT2D eigenvalue weighted by atomic mass is 16.4. The standard InChI is InChI=1S/C13H24N2O3/c1-10(12(16)17)5-4-8-14-13(18)15(2)9-11-6-3-7-11/h10-11H,3-9H2,1-2H3,(H,14,18)(H,16,17). The van der Waals surface area contributed by atoms with Crippen LogP contribution >= 0.6 is 0 Å². The SMILES string of the molecule is CC(CCCNC(=O)N(C)CC1CCC1)C(=O)O. The molecule has 0 heterocycles. The van der Waals surface area contributed by atoms with Gasteiger partial charge in [-0.2, -0.15) is 0 Å². The first-order valence-corrected chi connectivity index (χ1v) is 6.72. The second-order valence-corrected chi connectivity index (χ2v) is 5.29. The van der Waals surface area contributed by atoms with Gasteiger partial charge in [0.05, 0.1) is 5.92 Å². The van der Waals surface area contributed by atoms with Crippen molar-refractivity contribution in [2.24, 2.45) is 11.8 Å². The lowest BCUT2D eigenvalue weighted by molar-refractivity contribution is -0.141. The number of carboxylic acids is 1. The predicted octanol–water partition coefficient (Wildman–Crippen LogP) is 1.93. The van der Waals surface area contributed by atoms with E-state index in [-0.39, 0.29) is 11.9 Å². The number of nitrogens with zero attached hydrogens (tertiary/aromatic N) is 1. The molecule has 1 saturated carbocycles. The minimum absolute atomic E-state index is 0.0510. The van der Waals surface area contributed by atoms with E-state index in [0.29, 0.717) is 25.3 Å². The average molecular weight is 256 g/mol. The Balaban J connectivity index is 2.06. The van der Waals surface area contributed by atoms with E-state index in [2.05, 4.69) is 5.32 Å². The van der Waals surface area contributed by atoms with Crippen molar-refractivity contribution in [1.82, 2.24) is 10.2 Å². The molecule has 0 spiro atoms. The molecule has 0 aromatic carbocycles. The molecule has 1 unspecified atom stereocenters. The summed E-state index contributed by atoms with van der Waals surface area (Å²) in [5.74, 6) is -0.439. The lowest BCUT2D eigenvalue weighted by atomic mass is 9.85. The van der Waals surface area contributed by atoms with Crippen molar-refractivity contribution in [3.8, 4) is 0 Å². The highest BCUT2D eigenvalue weighted by Crippen LogP contribution is 2.26. The first-order chi connectivity index (χ1) is 8.50. The van der Waals surface area contributed by atoms with Gasteiger partial charge in [0, 0.05) is 20.1 Å². The van der Waals surface area contributed by atoms with Crippen LogP contribution in [0, 0.1) is 11.8 Å². The van der Waals surface area contributed by atoms with Crippen molar-refractivity contribution >= 4 is 12.0 Å². The average Bonchev–Trinajstić information content (AvgIpc) is 2.28. The van der Waals surface area contributed by atoms with Gasteiger partial charge >= 0.3 is 12.0 Å². The molecule has 104 valence electrons. The fourth-order valence-electron chi connectivity index (χ4n) is 2.01. The van der Waals surface area contributed by atoms with Gasteiger partial charge in [-0.05, 0) is 31.6 Å². The molecule has 0 saturated heterocycles. The van der Waals surface area contributed by atoms with Crippen LogP contribution in [-0.4, -0.2) is 42.1 Å². The van der Waals surface area contributed by atoms with Crippen molar-refractivity contribution in [3.63, 3.8) is 0 Å². The van der Waals surface area contributed by atoms with Crippen LogP contribution in [0.4, 0.5) is 4.79 Å². The van der Waals surface area contributed by atoms with Crippen LogP contribution in [0.3, 0.4) is 0 Å². The summed E-state index contributed by atoms with van der Waals surface area (Å²) < 4.78 is 0. The van der Waals surface area contributed by atoms with E-state index in [4.69, 9.17) is 5.11 Å². The molecule has 1 aliphatic carbocycles. The maximum Gasteiger partial charge on any atom is 0.317 e. The summed E-state index contributed by atoms with van der Waals surface area (Å²) in [5, 5.41) is 11.5. The van der Waals surface area contributed by atoms with Gasteiger partial charge in [0.1, 0.15) is 0 Å². The van der Waals surface area contributed by atoms with E-state index in [1.54, 1.807) is 11.8 Å².